The number of hydrogen-bond acceptors (Lipinski definition) is 7. The van der Waals surface area contributed by atoms with Crippen molar-refractivity contribution in [3.63, 3.8) is 0 Å². The molecular formula is C52H102N2O5. The molecule has 59 heavy (non-hydrogen) atoms. The third-order valence-corrected chi connectivity index (χ3v) is 13.0. The molecule has 1 rings (SSSR count). The maximum Gasteiger partial charge on any atom is 0.306 e. The van der Waals surface area contributed by atoms with E-state index in [0.29, 0.717) is 43.8 Å². The summed E-state index contributed by atoms with van der Waals surface area (Å²) in [6, 6.07) is 0. The topological polar surface area (TPSA) is 68.3 Å². The zero-order valence-corrected chi connectivity index (χ0v) is 40.4. The number of carbonyl (C=O) groups is 2. The summed E-state index contributed by atoms with van der Waals surface area (Å²) in [4.78, 5) is 29.8. The minimum atomic E-state index is 0.0272. The predicted molar refractivity (Wildman–Crippen MR) is 252 cm³/mol. The van der Waals surface area contributed by atoms with Crippen LogP contribution in [-0.2, 0) is 23.8 Å². The van der Waals surface area contributed by atoms with Gasteiger partial charge in [0, 0.05) is 58.8 Å². The van der Waals surface area contributed by atoms with Gasteiger partial charge in [-0.25, -0.2) is 0 Å². The highest BCUT2D eigenvalue weighted by molar-refractivity contribution is 5.70. The van der Waals surface area contributed by atoms with Crippen LogP contribution in [0.4, 0.5) is 0 Å². The molecule has 0 aliphatic carbocycles. The second-order valence-electron chi connectivity index (χ2n) is 18.8. The molecule has 0 aromatic heterocycles. The van der Waals surface area contributed by atoms with E-state index in [2.05, 4.69) is 44.5 Å². The second-order valence-corrected chi connectivity index (χ2v) is 18.8. The van der Waals surface area contributed by atoms with Crippen LogP contribution in [0.1, 0.15) is 240 Å². The van der Waals surface area contributed by atoms with E-state index in [1.54, 1.807) is 0 Å². The molecule has 0 saturated carbocycles. The van der Waals surface area contributed by atoms with Crippen molar-refractivity contribution in [1.29, 1.82) is 0 Å². The zero-order valence-electron chi connectivity index (χ0n) is 40.4. The van der Waals surface area contributed by atoms with Gasteiger partial charge in [-0.1, -0.05) is 169 Å². The van der Waals surface area contributed by atoms with Gasteiger partial charge in [-0.3, -0.25) is 9.59 Å². The smallest absolute Gasteiger partial charge is 0.306 e. The molecular weight excluding hydrogens is 733 g/mol. The molecule has 1 fully saturated rings. The molecule has 0 N–H and O–H groups in total. The minimum absolute atomic E-state index is 0.0272. The summed E-state index contributed by atoms with van der Waals surface area (Å²) in [6.45, 7) is 17.9. The van der Waals surface area contributed by atoms with Crippen molar-refractivity contribution in [2.75, 3.05) is 66.2 Å². The number of nitrogens with zero attached hydrogens (tertiary/aromatic N) is 2. The molecule has 0 unspecified atom stereocenters. The summed E-state index contributed by atoms with van der Waals surface area (Å²) >= 11 is 0. The quantitative estimate of drug-likeness (QED) is 0.0447. The van der Waals surface area contributed by atoms with Crippen LogP contribution in [0.15, 0.2) is 0 Å². The number of carbonyl (C=O) groups excluding carboxylic acids is 2. The van der Waals surface area contributed by atoms with Crippen LogP contribution in [0.2, 0.25) is 0 Å². The third-order valence-electron chi connectivity index (χ3n) is 13.0. The van der Waals surface area contributed by atoms with Crippen LogP contribution in [-0.4, -0.2) is 87.9 Å². The first-order valence-electron chi connectivity index (χ1n) is 26.2. The van der Waals surface area contributed by atoms with E-state index in [9.17, 15) is 9.59 Å². The average molecular weight is 835 g/mol. The largest absolute Gasteiger partial charge is 0.466 e. The van der Waals surface area contributed by atoms with E-state index in [-0.39, 0.29) is 11.9 Å². The first kappa shape index (κ1) is 55.8. The molecule has 0 amide bonds. The number of rotatable bonds is 44. The molecule has 350 valence electrons. The normalized spacial score (nSPS) is 14.0. The van der Waals surface area contributed by atoms with E-state index in [1.165, 1.54) is 213 Å². The molecule has 7 heteroatoms. The summed E-state index contributed by atoms with van der Waals surface area (Å²) in [6.07, 6.45) is 39.5. The SMILES string of the molecule is CCCCC(CCCC)CC(=O)OCCCCCCCCCCC(CCCCCCCCCCOC(=O)CC(CCCC)CCCC)COCCCN1CCN(C)CC1. The number of ether oxygens (including phenoxy) is 3. The van der Waals surface area contributed by atoms with Crippen molar-refractivity contribution in [3.8, 4) is 0 Å². The van der Waals surface area contributed by atoms with Crippen molar-refractivity contribution in [1.82, 2.24) is 9.80 Å². The first-order chi connectivity index (χ1) is 28.9. The van der Waals surface area contributed by atoms with Gasteiger partial charge in [-0.05, 0) is 82.6 Å². The van der Waals surface area contributed by atoms with Crippen molar-refractivity contribution in [2.24, 2.45) is 17.8 Å². The predicted octanol–water partition coefficient (Wildman–Crippen LogP) is 14.1. The van der Waals surface area contributed by atoms with E-state index in [4.69, 9.17) is 14.2 Å². The monoisotopic (exact) mass is 835 g/mol. The number of piperazine rings is 1. The molecule has 1 heterocycles. The zero-order chi connectivity index (χ0) is 42.9. The van der Waals surface area contributed by atoms with E-state index >= 15 is 0 Å². The lowest BCUT2D eigenvalue weighted by molar-refractivity contribution is -0.146. The molecule has 7 nitrogen and oxygen atoms in total. The number of hydrogen-bond donors (Lipinski definition) is 0. The Hall–Kier alpha value is -1.18. The Labute approximate surface area is 368 Å². The highest BCUT2D eigenvalue weighted by atomic mass is 16.5. The summed E-state index contributed by atoms with van der Waals surface area (Å²) in [7, 11) is 2.23. The van der Waals surface area contributed by atoms with Gasteiger partial charge in [-0.15, -0.1) is 0 Å². The van der Waals surface area contributed by atoms with Crippen LogP contribution in [0.5, 0.6) is 0 Å². The summed E-state index contributed by atoms with van der Waals surface area (Å²) in [5, 5.41) is 0. The molecule has 0 atom stereocenters. The summed E-state index contributed by atoms with van der Waals surface area (Å²) in [5.41, 5.74) is 0. The highest BCUT2D eigenvalue weighted by Gasteiger charge is 2.17. The summed E-state index contributed by atoms with van der Waals surface area (Å²) in [5.74, 6) is 1.78. The molecule has 1 saturated heterocycles. The van der Waals surface area contributed by atoms with Crippen LogP contribution < -0.4 is 0 Å². The van der Waals surface area contributed by atoms with Gasteiger partial charge in [-0.2, -0.15) is 0 Å². The average Bonchev–Trinajstić information content (AvgIpc) is 3.23. The van der Waals surface area contributed by atoms with Gasteiger partial charge in [0.25, 0.3) is 0 Å². The maximum absolute atomic E-state index is 12.4. The van der Waals surface area contributed by atoms with Gasteiger partial charge in [0.05, 0.1) is 13.2 Å². The Kier molecular flexibility index (Phi) is 39.9. The fraction of sp³-hybridized carbons (Fsp3) is 0.962. The lowest BCUT2D eigenvalue weighted by Gasteiger charge is -2.32. The third kappa shape index (κ3) is 36.1. The number of unbranched alkanes of at least 4 members (excludes halogenated alkanes) is 18. The second kappa shape index (κ2) is 42.1. The fourth-order valence-electron chi connectivity index (χ4n) is 8.84. The van der Waals surface area contributed by atoms with Gasteiger partial charge in [0.15, 0.2) is 0 Å². The molecule has 0 radical (unpaired) electrons. The molecule has 1 aliphatic heterocycles. The van der Waals surface area contributed by atoms with Crippen LogP contribution >= 0.6 is 0 Å². The lowest BCUT2D eigenvalue weighted by atomic mass is 9.93. The van der Waals surface area contributed by atoms with E-state index in [1.807, 2.05) is 0 Å². The Morgan fingerprint density at radius 3 is 1.17 bits per heavy atom. The number of likely N-dealkylation sites (N-methyl/N-ethyl adjacent to an activating group) is 1. The van der Waals surface area contributed by atoms with Gasteiger partial charge < -0.3 is 24.0 Å². The van der Waals surface area contributed by atoms with E-state index < -0.39 is 0 Å². The maximum atomic E-state index is 12.4. The first-order valence-corrected chi connectivity index (χ1v) is 26.2. The fourth-order valence-corrected chi connectivity index (χ4v) is 8.84. The van der Waals surface area contributed by atoms with Crippen molar-refractivity contribution < 1.29 is 23.8 Å². The Morgan fingerprint density at radius 2 is 0.780 bits per heavy atom. The Balaban J connectivity index is 2.19. The Bertz CT molecular complexity index is 838. The van der Waals surface area contributed by atoms with Crippen molar-refractivity contribution >= 4 is 11.9 Å². The standard InChI is InChI=1S/C52H102N2O5/c1-6-10-31-48(32-11-7-2)45-51(55)58-43-28-24-20-16-14-18-22-26-35-50(47-57-42-30-37-54-40-38-53(5)39-41-54)36-27-23-19-15-17-21-25-29-44-59-52(56)46-49(33-12-8-3)34-13-9-4/h48-50H,6-47H2,1-5H3. The molecule has 1 aliphatic rings. The summed E-state index contributed by atoms with van der Waals surface area (Å²) < 4.78 is 17.6. The Morgan fingerprint density at radius 1 is 0.424 bits per heavy atom. The van der Waals surface area contributed by atoms with Gasteiger partial charge >= 0.3 is 11.9 Å². The van der Waals surface area contributed by atoms with Crippen LogP contribution in [0.3, 0.4) is 0 Å². The highest BCUT2D eigenvalue weighted by Crippen LogP contribution is 2.23. The van der Waals surface area contributed by atoms with Crippen molar-refractivity contribution in [2.45, 2.75) is 240 Å². The van der Waals surface area contributed by atoms with Gasteiger partial charge in [0.2, 0.25) is 0 Å². The van der Waals surface area contributed by atoms with Crippen molar-refractivity contribution in [3.05, 3.63) is 0 Å². The van der Waals surface area contributed by atoms with Crippen LogP contribution in [0.25, 0.3) is 0 Å². The molecule has 0 spiro atoms. The van der Waals surface area contributed by atoms with E-state index in [0.717, 1.165) is 32.5 Å². The number of esters is 2. The lowest BCUT2D eigenvalue weighted by Crippen LogP contribution is -2.44. The van der Waals surface area contributed by atoms with Gasteiger partial charge in [0.1, 0.15) is 0 Å². The molecule has 0 aromatic rings. The molecule has 0 aromatic carbocycles. The van der Waals surface area contributed by atoms with Crippen LogP contribution in [0, 0.1) is 17.8 Å². The molecule has 0 bridgehead atoms. The minimum Gasteiger partial charge on any atom is -0.466 e.